The van der Waals surface area contributed by atoms with Crippen molar-refractivity contribution in [3.63, 3.8) is 0 Å². The van der Waals surface area contributed by atoms with E-state index in [1.54, 1.807) is 0 Å². The molecule has 2 rings (SSSR count). The molecule has 1 N–H and O–H groups in total. The number of halogens is 1. The highest BCUT2D eigenvalue weighted by molar-refractivity contribution is 5.66. The van der Waals surface area contributed by atoms with Crippen LogP contribution in [0.4, 0.5) is 10.1 Å². The van der Waals surface area contributed by atoms with Crippen LogP contribution >= 0.6 is 0 Å². The van der Waals surface area contributed by atoms with Crippen LogP contribution in [0.1, 0.15) is 5.82 Å². The molecule has 1 heterocycles. The van der Waals surface area contributed by atoms with Crippen molar-refractivity contribution in [2.75, 3.05) is 0 Å². The summed E-state index contributed by atoms with van der Waals surface area (Å²) in [5.74, 6) is -0.873. The number of benzene rings is 1. The summed E-state index contributed by atoms with van der Waals surface area (Å²) in [6.07, 6.45) is 0. The molecule has 0 fully saturated rings. The van der Waals surface area contributed by atoms with E-state index < -0.39 is 23.0 Å². The molecule has 88 valence electrons. The number of nitro groups is 1. The summed E-state index contributed by atoms with van der Waals surface area (Å²) in [5.41, 5.74) is -0.471. The Morgan fingerprint density at radius 2 is 2.29 bits per heavy atom. The van der Waals surface area contributed by atoms with Gasteiger partial charge in [0.05, 0.1) is 11.0 Å². The normalized spacial score (nSPS) is 10.5. The largest absolute Gasteiger partial charge is 0.388 e. The zero-order valence-corrected chi connectivity index (χ0v) is 8.33. The van der Waals surface area contributed by atoms with E-state index in [-0.39, 0.29) is 17.3 Å². The summed E-state index contributed by atoms with van der Waals surface area (Å²) in [6, 6.07) is 2.98. The summed E-state index contributed by atoms with van der Waals surface area (Å²) in [6.45, 7) is -0.446. The lowest BCUT2D eigenvalue weighted by Crippen LogP contribution is -1.93. The molecular formula is C9H6FN3O4. The van der Waals surface area contributed by atoms with Crippen molar-refractivity contribution in [3.05, 3.63) is 40.0 Å². The van der Waals surface area contributed by atoms with Gasteiger partial charge in [0, 0.05) is 0 Å². The van der Waals surface area contributed by atoms with Crippen molar-refractivity contribution in [2.45, 2.75) is 6.61 Å². The van der Waals surface area contributed by atoms with Crippen molar-refractivity contribution in [2.24, 2.45) is 0 Å². The van der Waals surface area contributed by atoms with E-state index in [2.05, 4.69) is 10.1 Å². The third-order valence-corrected chi connectivity index (χ3v) is 2.00. The van der Waals surface area contributed by atoms with Crippen LogP contribution in [0.25, 0.3) is 11.5 Å². The Hall–Kier alpha value is -2.35. The second kappa shape index (κ2) is 4.26. The molecular weight excluding hydrogens is 233 g/mol. The van der Waals surface area contributed by atoms with Gasteiger partial charge in [-0.2, -0.15) is 4.98 Å². The van der Waals surface area contributed by atoms with Crippen LogP contribution in [0.2, 0.25) is 0 Å². The molecule has 0 amide bonds. The molecule has 2 aromatic rings. The van der Waals surface area contributed by atoms with Gasteiger partial charge in [0.25, 0.3) is 11.6 Å². The Labute approximate surface area is 93.7 Å². The van der Waals surface area contributed by atoms with Gasteiger partial charge in [0.2, 0.25) is 0 Å². The Bertz CT molecular complexity index is 569. The number of hydrogen-bond donors (Lipinski definition) is 1. The highest BCUT2D eigenvalue weighted by Crippen LogP contribution is 2.29. The first-order valence-corrected chi connectivity index (χ1v) is 4.49. The zero-order chi connectivity index (χ0) is 12.4. The van der Waals surface area contributed by atoms with Gasteiger partial charge in [-0.1, -0.05) is 5.16 Å². The topological polar surface area (TPSA) is 102 Å². The van der Waals surface area contributed by atoms with Crippen LogP contribution in [0.3, 0.4) is 0 Å². The number of aromatic nitrogens is 2. The van der Waals surface area contributed by atoms with E-state index in [4.69, 9.17) is 9.63 Å². The lowest BCUT2D eigenvalue weighted by Gasteiger charge is -1.97. The summed E-state index contributed by atoms with van der Waals surface area (Å²) in [7, 11) is 0. The number of nitro benzene ring substituents is 1. The molecule has 0 unspecified atom stereocenters. The van der Waals surface area contributed by atoms with E-state index in [1.165, 1.54) is 6.07 Å². The first-order chi connectivity index (χ1) is 8.11. The van der Waals surface area contributed by atoms with Gasteiger partial charge < -0.3 is 9.63 Å². The third kappa shape index (κ3) is 2.11. The molecule has 8 heteroatoms. The molecule has 0 bridgehead atoms. The van der Waals surface area contributed by atoms with E-state index in [0.717, 1.165) is 12.1 Å². The monoisotopic (exact) mass is 239 g/mol. The molecule has 0 aliphatic heterocycles. The average Bonchev–Trinajstić information content (AvgIpc) is 2.77. The summed E-state index contributed by atoms with van der Waals surface area (Å²) in [5, 5.41) is 22.8. The van der Waals surface area contributed by atoms with E-state index in [9.17, 15) is 14.5 Å². The fourth-order valence-electron chi connectivity index (χ4n) is 1.26. The molecule has 0 saturated heterocycles. The summed E-state index contributed by atoms with van der Waals surface area (Å²) in [4.78, 5) is 13.7. The SMILES string of the molecule is O=[N+]([O-])c1cc(F)ccc1-c1nc(CO)no1. The first-order valence-electron chi connectivity index (χ1n) is 4.49. The average molecular weight is 239 g/mol. The standard InChI is InChI=1S/C9H6FN3O4/c10-5-1-2-6(7(3-5)13(15)16)9-11-8(4-14)12-17-9/h1-3,14H,4H2. The molecule has 1 aromatic carbocycles. The maximum absolute atomic E-state index is 12.9. The van der Waals surface area contributed by atoms with Gasteiger partial charge in [-0.3, -0.25) is 10.1 Å². The molecule has 0 aliphatic rings. The van der Waals surface area contributed by atoms with Crippen molar-refractivity contribution in [1.29, 1.82) is 0 Å². The fraction of sp³-hybridized carbons (Fsp3) is 0.111. The van der Waals surface area contributed by atoms with Crippen LogP contribution in [0.15, 0.2) is 22.7 Å². The third-order valence-electron chi connectivity index (χ3n) is 2.00. The molecule has 17 heavy (non-hydrogen) atoms. The van der Waals surface area contributed by atoms with Gasteiger partial charge in [-0.15, -0.1) is 0 Å². The van der Waals surface area contributed by atoms with Crippen molar-refractivity contribution in [1.82, 2.24) is 10.1 Å². The van der Waals surface area contributed by atoms with Crippen LogP contribution in [-0.4, -0.2) is 20.2 Å². The highest BCUT2D eigenvalue weighted by Gasteiger charge is 2.21. The van der Waals surface area contributed by atoms with Crippen LogP contribution in [-0.2, 0) is 6.61 Å². The minimum atomic E-state index is -0.749. The van der Waals surface area contributed by atoms with Gasteiger partial charge in [-0.25, -0.2) is 4.39 Å². The Morgan fingerprint density at radius 3 is 2.88 bits per heavy atom. The zero-order valence-electron chi connectivity index (χ0n) is 8.33. The predicted octanol–water partition coefficient (Wildman–Crippen LogP) is 1.28. The molecule has 0 saturated carbocycles. The maximum Gasteiger partial charge on any atom is 0.285 e. The number of hydrogen-bond acceptors (Lipinski definition) is 6. The van der Waals surface area contributed by atoms with Crippen LogP contribution in [0.5, 0.6) is 0 Å². The minimum absolute atomic E-state index is 0.00128. The van der Waals surface area contributed by atoms with Crippen LogP contribution in [0, 0.1) is 15.9 Å². The van der Waals surface area contributed by atoms with Crippen molar-refractivity contribution in [3.8, 4) is 11.5 Å². The van der Waals surface area contributed by atoms with Gasteiger partial charge in [0.15, 0.2) is 5.82 Å². The Balaban J connectivity index is 2.54. The Morgan fingerprint density at radius 1 is 1.53 bits per heavy atom. The van der Waals surface area contributed by atoms with E-state index in [1.807, 2.05) is 0 Å². The second-order valence-electron chi connectivity index (χ2n) is 3.09. The number of aliphatic hydroxyl groups is 1. The second-order valence-corrected chi connectivity index (χ2v) is 3.09. The highest BCUT2D eigenvalue weighted by atomic mass is 19.1. The van der Waals surface area contributed by atoms with Crippen LogP contribution < -0.4 is 0 Å². The van der Waals surface area contributed by atoms with Gasteiger partial charge in [0.1, 0.15) is 18.0 Å². The van der Waals surface area contributed by atoms with Gasteiger partial charge >= 0.3 is 0 Å². The molecule has 0 atom stereocenters. The predicted molar refractivity (Wildman–Crippen MR) is 52.3 cm³/mol. The molecule has 0 radical (unpaired) electrons. The molecule has 0 spiro atoms. The number of nitrogens with zero attached hydrogens (tertiary/aromatic N) is 3. The molecule has 1 aromatic heterocycles. The summed E-state index contributed by atoms with van der Waals surface area (Å²) >= 11 is 0. The van der Waals surface area contributed by atoms with Crippen molar-refractivity contribution < 1.29 is 18.9 Å². The smallest absolute Gasteiger partial charge is 0.285 e. The van der Waals surface area contributed by atoms with E-state index in [0.29, 0.717) is 0 Å². The lowest BCUT2D eigenvalue weighted by molar-refractivity contribution is -0.384. The van der Waals surface area contributed by atoms with Crippen molar-refractivity contribution >= 4 is 5.69 Å². The quantitative estimate of drug-likeness (QED) is 0.639. The number of aliphatic hydroxyl groups excluding tert-OH is 1. The lowest BCUT2D eigenvalue weighted by atomic mass is 10.2. The fourth-order valence-corrected chi connectivity index (χ4v) is 1.26. The maximum atomic E-state index is 12.9. The number of rotatable bonds is 3. The molecule has 7 nitrogen and oxygen atoms in total. The minimum Gasteiger partial charge on any atom is -0.388 e. The summed E-state index contributed by atoms with van der Waals surface area (Å²) < 4.78 is 17.6. The first kappa shape index (κ1) is 11.1. The molecule has 0 aliphatic carbocycles. The van der Waals surface area contributed by atoms with Gasteiger partial charge in [-0.05, 0) is 12.1 Å². The Kier molecular flexibility index (Phi) is 2.79. The van der Waals surface area contributed by atoms with E-state index >= 15 is 0 Å².